The SMILES string of the molecule is CCc1nnsc1C(=O)N1CCOC(CC(=O)O)C1. The second-order valence-corrected chi connectivity index (χ2v) is 5.00. The van der Waals surface area contributed by atoms with Crippen LogP contribution in [0.4, 0.5) is 0 Å². The Morgan fingerprint density at radius 1 is 1.58 bits per heavy atom. The van der Waals surface area contributed by atoms with E-state index in [1.807, 2.05) is 6.92 Å². The van der Waals surface area contributed by atoms with Crippen molar-refractivity contribution in [3.8, 4) is 0 Å². The van der Waals surface area contributed by atoms with Crippen LogP contribution in [0, 0.1) is 0 Å². The van der Waals surface area contributed by atoms with Crippen molar-refractivity contribution in [1.29, 1.82) is 0 Å². The zero-order valence-electron chi connectivity index (χ0n) is 10.5. The van der Waals surface area contributed by atoms with Crippen LogP contribution in [-0.4, -0.2) is 57.3 Å². The van der Waals surface area contributed by atoms with E-state index in [2.05, 4.69) is 9.59 Å². The Balaban J connectivity index is 2.05. The third kappa shape index (κ3) is 3.27. The van der Waals surface area contributed by atoms with Crippen LogP contribution in [0.3, 0.4) is 0 Å². The summed E-state index contributed by atoms with van der Waals surface area (Å²) in [5, 5.41) is 12.7. The van der Waals surface area contributed by atoms with Crippen molar-refractivity contribution in [2.45, 2.75) is 25.9 Å². The van der Waals surface area contributed by atoms with Crippen molar-refractivity contribution < 1.29 is 19.4 Å². The number of ether oxygens (including phenoxy) is 1. The Morgan fingerprint density at radius 2 is 2.37 bits per heavy atom. The number of hydrogen-bond donors (Lipinski definition) is 1. The molecule has 8 heteroatoms. The standard InChI is InChI=1S/C11H15N3O4S/c1-2-8-10(19-13-12-8)11(17)14-3-4-18-7(6-14)5-9(15)16/h7H,2-6H2,1H3,(H,15,16). The van der Waals surface area contributed by atoms with E-state index in [9.17, 15) is 9.59 Å². The molecule has 1 aromatic rings. The van der Waals surface area contributed by atoms with Crippen molar-refractivity contribution in [3.05, 3.63) is 10.6 Å². The molecule has 0 saturated carbocycles. The third-order valence-electron chi connectivity index (χ3n) is 2.91. The monoisotopic (exact) mass is 285 g/mol. The molecule has 1 amide bonds. The highest BCUT2D eigenvalue weighted by Gasteiger charge is 2.28. The van der Waals surface area contributed by atoms with Gasteiger partial charge in [0.15, 0.2) is 0 Å². The molecule has 19 heavy (non-hydrogen) atoms. The summed E-state index contributed by atoms with van der Waals surface area (Å²) in [4.78, 5) is 25.2. The van der Waals surface area contributed by atoms with Crippen LogP contribution in [0.5, 0.6) is 0 Å². The number of carbonyl (C=O) groups is 2. The molecule has 0 radical (unpaired) electrons. The minimum absolute atomic E-state index is 0.0919. The van der Waals surface area contributed by atoms with Crippen molar-refractivity contribution >= 4 is 23.4 Å². The van der Waals surface area contributed by atoms with Crippen LogP contribution >= 0.6 is 11.5 Å². The molecular weight excluding hydrogens is 270 g/mol. The molecule has 2 rings (SSSR count). The molecule has 1 aromatic heterocycles. The fraction of sp³-hybridized carbons (Fsp3) is 0.636. The zero-order valence-corrected chi connectivity index (χ0v) is 11.4. The summed E-state index contributed by atoms with van der Waals surface area (Å²) in [6, 6.07) is 0. The summed E-state index contributed by atoms with van der Waals surface area (Å²) < 4.78 is 9.14. The summed E-state index contributed by atoms with van der Waals surface area (Å²) in [7, 11) is 0. The van der Waals surface area contributed by atoms with E-state index in [-0.39, 0.29) is 12.3 Å². The number of aryl methyl sites for hydroxylation is 1. The Kier molecular flexibility index (Phi) is 4.43. The number of carbonyl (C=O) groups excluding carboxylic acids is 1. The highest BCUT2D eigenvalue weighted by atomic mass is 32.1. The maximum Gasteiger partial charge on any atom is 0.306 e. The molecule has 2 heterocycles. The van der Waals surface area contributed by atoms with Crippen molar-refractivity contribution in [3.63, 3.8) is 0 Å². The molecule has 104 valence electrons. The maximum atomic E-state index is 12.3. The Bertz CT molecular complexity index is 476. The molecule has 1 saturated heterocycles. The van der Waals surface area contributed by atoms with Gasteiger partial charge in [0.05, 0.1) is 24.8 Å². The van der Waals surface area contributed by atoms with Gasteiger partial charge in [0.1, 0.15) is 4.88 Å². The quantitative estimate of drug-likeness (QED) is 0.861. The molecule has 1 N–H and O–H groups in total. The van der Waals surface area contributed by atoms with Crippen molar-refractivity contribution in [1.82, 2.24) is 14.5 Å². The number of carboxylic acid groups (broad SMARTS) is 1. The molecule has 1 atom stereocenters. The van der Waals surface area contributed by atoms with Crippen LogP contribution in [0.2, 0.25) is 0 Å². The lowest BCUT2D eigenvalue weighted by Gasteiger charge is -2.32. The summed E-state index contributed by atoms with van der Waals surface area (Å²) in [5.74, 6) is -1.06. The minimum Gasteiger partial charge on any atom is -0.481 e. The van der Waals surface area contributed by atoms with Crippen LogP contribution in [0.15, 0.2) is 0 Å². The van der Waals surface area contributed by atoms with Gasteiger partial charge in [0.2, 0.25) is 0 Å². The molecule has 1 aliphatic rings. The normalized spacial score (nSPS) is 19.4. The molecule has 0 bridgehead atoms. The lowest BCUT2D eigenvalue weighted by molar-refractivity contribution is -0.141. The molecule has 0 aliphatic carbocycles. The number of hydrogen-bond acceptors (Lipinski definition) is 6. The molecule has 1 unspecified atom stereocenters. The second-order valence-electron chi connectivity index (χ2n) is 4.24. The van der Waals surface area contributed by atoms with E-state index in [1.54, 1.807) is 4.90 Å². The average molecular weight is 285 g/mol. The first kappa shape index (κ1) is 13.9. The molecule has 7 nitrogen and oxygen atoms in total. The first-order chi connectivity index (χ1) is 9.11. The first-order valence-electron chi connectivity index (χ1n) is 6.05. The number of carboxylic acids is 1. The number of rotatable bonds is 4. The van der Waals surface area contributed by atoms with Gasteiger partial charge in [-0.2, -0.15) is 0 Å². The van der Waals surface area contributed by atoms with Crippen LogP contribution in [-0.2, 0) is 16.0 Å². The Hall–Kier alpha value is -1.54. The van der Waals surface area contributed by atoms with Gasteiger partial charge in [-0.15, -0.1) is 5.10 Å². The third-order valence-corrected chi connectivity index (χ3v) is 3.67. The number of aromatic nitrogens is 2. The smallest absolute Gasteiger partial charge is 0.306 e. The van der Waals surface area contributed by atoms with Gasteiger partial charge < -0.3 is 14.7 Å². The zero-order chi connectivity index (χ0) is 13.8. The predicted octanol–water partition coefficient (Wildman–Crippen LogP) is 0.416. The Labute approximate surface area is 114 Å². The fourth-order valence-corrected chi connectivity index (χ4v) is 2.69. The first-order valence-corrected chi connectivity index (χ1v) is 6.83. The largest absolute Gasteiger partial charge is 0.481 e. The van der Waals surface area contributed by atoms with Gasteiger partial charge in [0, 0.05) is 13.1 Å². The topological polar surface area (TPSA) is 92.6 Å². The lowest BCUT2D eigenvalue weighted by Crippen LogP contribution is -2.46. The highest BCUT2D eigenvalue weighted by Crippen LogP contribution is 2.17. The Morgan fingerprint density at radius 3 is 3.05 bits per heavy atom. The van der Waals surface area contributed by atoms with E-state index in [4.69, 9.17) is 9.84 Å². The molecule has 1 fully saturated rings. The molecule has 0 aromatic carbocycles. The summed E-state index contributed by atoms with van der Waals surface area (Å²) in [6.07, 6.45) is 0.118. The van der Waals surface area contributed by atoms with Crippen LogP contribution < -0.4 is 0 Å². The van der Waals surface area contributed by atoms with E-state index in [1.165, 1.54) is 0 Å². The average Bonchev–Trinajstić information content (AvgIpc) is 2.85. The fourth-order valence-electron chi connectivity index (χ4n) is 1.97. The minimum atomic E-state index is -0.923. The van der Waals surface area contributed by atoms with E-state index < -0.39 is 12.1 Å². The van der Waals surface area contributed by atoms with Gasteiger partial charge >= 0.3 is 5.97 Å². The van der Waals surface area contributed by atoms with Crippen molar-refractivity contribution in [2.24, 2.45) is 0 Å². The number of aliphatic carboxylic acids is 1. The van der Waals surface area contributed by atoms with Gasteiger partial charge in [-0.3, -0.25) is 9.59 Å². The highest BCUT2D eigenvalue weighted by molar-refractivity contribution is 7.08. The number of morpholine rings is 1. The van der Waals surface area contributed by atoms with Gasteiger partial charge in [-0.1, -0.05) is 11.4 Å². The number of nitrogens with zero attached hydrogens (tertiary/aromatic N) is 3. The van der Waals surface area contributed by atoms with E-state index >= 15 is 0 Å². The summed E-state index contributed by atoms with van der Waals surface area (Å²) in [6.45, 7) is 3.04. The van der Waals surface area contributed by atoms with Gasteiger partial charge in [-0.25, -0.2) is 0 Å². The van der Waals surface area contributed by atoms with Crippen LogP contribution in [0.1, 0.15) is 28.7 Å². The van der Waals surface area contributed by atoms with E-state index in [0.29, 0.717) is 36.7 Å². The van der Waals surface area contributed by atoms with Crippen molar-refractivity contribution in [2.75, 3.05) is 19.7 Å². The van der Waals surface area contributed by atoms with Gasteiger partial charge in [0.25, 0.3) is 5.91 Å². The molecule has 1 aliphatic heterocycles. The van der Waals surface area contributed by atoms with Gasteiger partial charge in [-0.05, 0) is 18.0 Å². The van der Waals surface area contributed by atoms with E-state index in [0.717, 1.165) is 11.5 Å². The predicted molar refractivity (Wildman–Crippen MR) is 67.2 cm³/mol. The van der Waals surface area contributed by atoms with Crippen LogP contribution in [0.25, 0.3) is 0 Å². The molecule has 0 spiro atoms. The maximum absolute atomic E-state index is 12.3. The number of amides is 1. The summed E-state index contributed by atoms with van der Waals surface area (Å²) >= 11 is 1.08. The summed E-state index contributed by atoms with van der Waals surface area (Å²) in [5.41, 5.74) is 0.691. The second kappa shape index (κ2) is 6.07. The lowest BCUT2D eigenvalue weighted by atomic mass is 10.2. The molecular formula is C11H15N3O4S.